The number of aliphatic hydroxyl groups is 1. The molecule has 1 heterocycles. The van der Waals surface area contributed by atoms with E-state index in [4.69, 9.17) is 5.11 Å². The Morgan fingerprint density at radius 3 is 2.93 bits per heavy atom. The maximum absolute atomic E-state index is 8.97. The van der Waals surface area contributed by atoms with Crippen LogP contribution in [0.15, 0.2) is 30.5 Å². The van der Waals surface area contributed by atoms with Gasteiger partial charge in [-0.15, -0.1) is 0 Å². The molecule has 0 radical (unpaired) electrons. The van der Waals surface area contributed by atoms with Crippen molar-refractivity contribution in [2.75, 3.05) is 6.61 Å². The lowest BCUT2D eigenvalue weighted by molar-refractivity contribution is 0.230. The highest BCUT2D eigenvalue weighted by Crippen LogP contribution is 2.20. The smallest absolute Gasteiger partial charge is 0.0456 e. The molecule has 0 aliphatic carbocycles. The summed E-state index contributed by atoms with van der Waals surface area (Å²) in [6.07, 6.45) is 4.15. The lowest BCUT2D eigenvalue weighted by Gasteiger charge is -2.06. The number of aryl methyl sites for hydroxylation is 1. The van der Waals surface area contributed by atoms with E-state index in [2.05, 4.69) is 36.3 Å². The van der Waals surface area contributed by atoms with E-state index in [-0.39, 0.29) is 6.61 Å². The summed E-state index contributed by atoms with van der Waals surface area (Å²) in [5.74, 6) is 0.388. The van der Waals surface area contributed by atoms with Gasteiger partial charge in [0.25, 0.3) is 0 Å². The van der Waals surface area contributed by atoms with Gasteiger partial charge in [0.1, 0.15) is 0 Å². The molecule has 1 aromatic heterocycles. The van der Waals surface area contributed by atoms with E-state index < -0.39 is 0 Å². The van der Waals surface area contributed by atoms with Gasteiger partial charge in [-0.05, 0) is 30.4 Å². The van der Waals surface area contributed by atoms with Crippen LogP contribution in [0.2, 0.25) is 0 Å². The van der Waals surface area contributed by atoms with Crippen molar-refractivity contribution < 1.29 is 5.11 Å². The van der Waals surface area contributed by atoms with E-state index in [0.717, 1.165) is 12.8 Å². The molecule has 0 aliphatic rings. The van der Waals surface area contributed by atoms with E-state index in [1.807, 2.05) is 6.07 Å². The SMILES string of the molecule is CC(CO)CCc1c[nH]c2ccccc12. The average molecular weight is 203 g/mol. The van der Waals surface area contributed by atoms with Crippen LogP contribution >= 0.6 is 0 Å². The number of hydrogen-bond acceptors (Lipinski definition) is 1. The molecule has 0 amide bonds. The third-order valence-corrected chi connectivity index (χ3v) is 2.89. The zero-order chi connectivity index (χ0) is 10.7. The fourth-order valence-corrected chi connectivity index (χ4v) is 1.83. The lowest BCUT2D eigenvalue weighted by atomic mass is 10.0. The Morgan fingerprint density at radius 1 is 1.33 bits per heavy atom. The molecule has 0 bridgehead atoms. The topological polar surface area (TPSA) is 36.0 Å². The summed E-state index contributed by atoms with van der Waals surface area (Å²) in [5, 5.41) is 10.3. The van der Waals surface area contributed by atoms with Crippen LogP contribution in [0.4, 0.5) is 0 Å². The van der Waals surface area contributed by atoms with Crippen molar-refractivity contribution in [2.45, 2.75) is 19.8 Å². The highest BCUT2D eigenvalue weighted by Gasteiger charge is 2.05. The molecule has 1 atom stereocenters. The average Bonchev–Trinajstić information content (AvgIpc) is 2.69. The fourth-order valence-electron chi connectivity index (χ4n) is 1.83. The molecule has 2 aromatic rings. The molecular weight excluding hydrogens is 186 g/mol. The van der Waals surface area contributed by atoms with Crippen LogP contribution in [0.5, 0.6) is 0 Å². The van der Waals surface area contributed by atoms with Gasteiger partial charge in [-0.3, -0.25) is 0 Å². The van der Waals surface area contributed by atoms with Crippen molar-refractivity contribution in [3.63, 3.8) is 0 Å². The molecule has 1 aromatic carbocycles. The van der Waals surface area contributed by atoms with E-state index in [0.29, 0.717) is 5.92 Å². The monoisotopic (exact) mass is 203 g/mol. The molecule has 1 unspecified atom stereocenters. The van der Waals surface area contributed by atoms with Crippen molar-refractivity contribution >= 4 is 10.9 Å². The molecule has 2 nitrogen and oxygen atoms in total. The number of fused-ring (bicyclic) bond motifs is 1. The number of aromatic amines is 1. The summed E-state index contributed by atoms with van der Waals surface area (Å²) in [5.41, 5.74) is 2.55. The third-order valence-electron chi connectivity index (χ3n) is 2.89. The van der Waals surface area contributed by atoms with Crippen LogP contribution in [0.3, 0.4) is 0 Å². The van der Waals surface area contributed by atoms with E-state index >= 15 is 0 Å². The first-order chi connectivity index (χ1) is 7.31. The van der Waals surface area contributed by atoms with Crippen LogP contribution in [0, 0.1) is 5.92 Å². The Labute approximate surface area is 89.9 Å². The molecule has 2 rings (SSSR count). The van der Waals surface area contributed by atoms with Gasteiger partial charge in [-0.25, -0.2) is 0 Å². The number of benzene rings is 1. The van der Waals surface area contributed by atoms with E-state index in [1.54, 1.807) is 0 Å². The molecule has 2 N–H and O–H groups in total. The number of para-hydroxylation sites is 1. The maximum Gasteiger partial charge on any atom is 0.0456 e. The second-order valence-corrected chi connectivity index (χ2v) is 4.19. The molecule has 15 heavy (non-hydrogen) atoms. The standard InChI is InChI=1S/C13H17NO/c1-10(9-15)6-7-11-8-14-13-5-3-2-4-12(11)13/h2-5,8,10,14-15H,6-7,9H2,1H3. The number of nitrogens with one attached hydrogen (secondary N) is 1. The van der Waals surface area contributed by atoms with Gasteiger partial charge in [0.2, 0.25) is 0 Å². The minimum absolute atomic E-state index is 0.280. The van der Waals surface area contributed by atoms with Crippen molar-refractivity contribution in [3.8, 4) is 0 Å². The Kier molecular flexibility index (Phi) is 3.07. The van der Waals surface area contributed by atoms with Crippen molar-refractivity contribution in [1.82, 2.24) is 4.98 Å². The Morgan fingerprint density at radius 2 is 2.13 bits per heavy atom. The minimum Gasteiger partial charge on any atom is -0.396 e. The van der Waals surface area contributed by atoms with Crippen molar-refractivity contribution in [3.05, 3.63) is 36.0 Å². The summed E-state index contributed by atoms with van der Waals surface area (Å²) in [6.45, 7) is 2.36. The lowest BCUT2D eigenvalue weighted by Crippen LogP contribution is -2.01. The van der Waals surface area contributed by atoms with Gasteiger partial charge in [-0.2, -0.15) is 0 Å². The summed E-state index contributed by atoms with van der Waals surface area (Å²) in [4.78, 5) is 3.27. The minimum atomic E-state index is 0.280. The van der Waals surface area contributed by atoms with E-state index in [9.17, 15) is 0 Å². The fraction of sp³-hybridized carbons (Fsp3) is 0.385. The summed E-state index contributed by atoms with van der Waals surface area (Å²) >= 11 is 0. The molecule has 0 aliphatic heterocycles. The molecule has 2 heteroatoms. The number of aliphatic hydroxyl groups excluding tert-OH is 1. The normalized spacial score (nSPS) is 13.2. The molecular formula is C13H17NO. The van der Waals surface area contributed by atoms with Crippen LogP contribution < -0.4 is 0 Å². The highest BCUT2D eigenvalue weighted by atomic mass is 16.3. The van der Waals surface area contributed by atoms with Crippen LogP contribution in [0.25, 0.3) is 10.9 Å². The summed E-state index contributed by atoms with van der Waals surface area (Å²) in [7, 11) is 0. The molecule has 0 spiro atoms. The predicted octanol–water partition coefficient (Wildman–Crippen LogP) is 2.73. The maximum atomic E-state index is 8.97. The number of H-pyrrole nitrogens is 1. The van der Waals surface area contributed by atoms with E-state index in [1.165, 1.54) is 16.5 Å². The van der Waals surface area contributed by atoms with Crippen molar-refractivity contribution in [2.24, 2.45) is 5.92 Å². The number of hydrogen-bond donors (Lipinski definition) is 2. The van der Waals surface area contributed by atoms with Crippen LogP contribution in [0.1, 0.15) is 18.9 Å². The molecule has 0 saturated heterocycles. The first kappa shape index (κ1) is 10.2. The largest absolute Gasteiger partial charge is 0.396 e. The quantitative estimate of drug-likeness (QED) is 0.787. The van der Waals surface area contributed by atoms with Gasteiger partial charge in [0.15, 0.2) is 0 Å². The second-order valence-electron chi connectivity index (χ2n) is 4.19. The Hall–Kier alpha value is -1.28. The van der Waals surface area contributed by atoms with Crippen LogP contribution in [-0.4, -0.2) is 16.7 Å². The first-order valence-electron chi connectivity index (χ1n) is 5.47. The Bertz CT molecular complexity index is 433. The third kappa shape index (κ3) is 2.21. The second kappa shape index (κ2) is 4.49. The summed E-state index contributed by atoms with van der Waals surface area (Å²) < 4.78 is 0. The Balaban J connectivity index is 2.14. The summed E-state index contributed by atoms with van der Waals surface area (Å²) in [6, 6.07) is 8.34. The molecule has 80 valence electrons. The van der Waals surface area contributed by atoms with Gasteiger partial charge in [0, 0.05) is 23.7 Å². The van der Waals surface area contributed by atoms with Gasteiger partial charge < -0.3 is 10.1 Å². The van der Waals surface area contributed by atoms with Gasteiger partial charge >= 0.3 is 0 Å². The van der Waals surface area contributed by atoms with Gasteiger partial charge in [-0.1, -0.05) is 25.1 Å². The molecule has 0 fully saturated rings. The zero-order valence-corrected chi connectivity index (χ0v) is 9.03. The van der Waals surface area contributed by atoms with Crippen molar-refractivity contribution in [1.29, 1.82) is 0 Å². The van der Waals surface area contributed by atoms with Crippen LogP contribution in [-0.2, 0) is 6.42 Å². The predicted molar refractivity (Wildman–Crippen MR) is 62.9 cm³/mol. The highest BCUT2D eigenvalue weighted by molar-refractivity contribution is 5.82. The van der Waals surface area contributed by atoms with Gasteiger partial charge in [0.05, 0.1) is 0 Å². The first-order valence-corrected chi connectivity index (χ1v) is 5.47. The zero-order valence-electron chi connectivity index (χ0n) is 9.03. The molecule has 0 saturated carbocycles. The number of rotatable bonds is 4. The number of aromatic nitrogens is 1.